The molecule has 4 aliphatic rings. The van der Waals surface area contributed by atoms with E-state index >= 15 is 0 Å². The summed E-state index contributed by atoms with van der Waals surface area (Å²) in [6, 6.07) is 17.2. The second-order valence-corrected chi connectivity index (χ2v) is 19.4. The quantitative estimate of drug-likeness (QED) is 0.0762. The Bertz CT molecular complexity index is 2340. The molecule has 4 aliphatic carbocycles. The van der Waals surface area contributed by atoms with Gasteiger partial charge in [0.25, 0.3) is 0 Å². The summed E-state index contributed by atoms with van der Waals surface area (Å²) in [7, 11) is 7.77. The average Bonchev–Trinajstić information content (AvgIpc) is 4.06. The molecule has 0 spiro atoms. The number of benzene rings is 2. The van der Waals surface area contributed by atoms with E-state index < -0.39 is 71.5 Å². The van der Waals surface area contributed by atoms with Crippen molar-refractivity contribution in [2.45, 2.75) is 50.7 Å². The number of nitrogens with zero attached hydrogens (tertiary/aromatic N) is 4. The van der Waals surface area contributed by atoms with Crippen molar-refractivity contribution in [2.24, 2.45) is 47.3 Å². The lowest BCUT2D eigenvalue weighted by atomic mass is 9.75. The van der Waals surface area contributed by atoms with Crippen LogP contribution < -0.4 is 16.0 Å². The molecule has 3 N–H and O–H groups in total. The predicted molar refractivity (Wildman–Crippen MR) is 244 cm³/mol. The SMILES string of the molecule is CN(C)CCCNC(=O)C1C2CC(OC(=O)c3cc(Cl)c4ccccc4n3)C(C2)C1C(=O)NC(=O)C1C2CC(CC2OC(=O)c2cc(Cl)c3ccccc3n2)C1C(=O)NCCCN(C)C. The Morgan fingerprint density at radius 3 is 1.38 bits per heavy atom. The molecule has 15 nitrogen and oxygen atoms in total. The van der Waals surface area contributed by atoms with Gasteiger partial charge in [-0.25, -0.2) is 19.6 Å². The Morgan fingerprint density at radius 1 is 0.585 bits per heavy atom. The maximum Gasteiger partial charge on any atom is 0.357 e. The molecule has 4 saturated carbocycles. The minimum absolute atomic E-state index is 0.0138. The Hall–Kier alpha value is -5.22. The van der Waals surface area contributed by atoms with Gasteiger partial charge in [0, 0.05) is 35.7 Å². The van der Waals surface area contributed by atoms with Crippen molar-refractivity contribution in [3.05, 3.63) is 82.1 Å². The van der Waals surface area contributed by atoms with Crippen LogP contribution in [0.5, 0.6) is 0 Å². The van der Waals surface area contributed by atoms with Gasteiger partial charge in [-0.05, 0) is 116 Å². The van der Waals surface area contributed by atoms with Crippen LogP contribution in [0.4, 0.5) is 0 Å². The third kappa shape index (κ3) is 9.84. The van der Waals surface area contributed by atoms with E-state index in [1.54, 1.807) is 36.4 Å². The van der Waals surface area contributed by atoms with Crippen molar-refractivity contribution >= 4 is 80.6 Å². The monoisotopic (exact) mass is 927 g/mol. The summed E-state index contributed by atoms with van der Waals surface area (Å²) in [6.07, 6.45) is 1.42. The molecule has 4 aromatic rings. The molecule has 2 aromatic carbocycles. The molecule has 65 heavy (non-hydrogen) atoms. The molecule has 0 aliphatic heterocycles. The summed E-state index contributed by atoms with van der Waals surface area (Å²) in [5.74, 6) is -8.81. The highest BCUT2D eigenvalue weighted by Gasteiger charge is 2.62. The Labute approximate surface area is 387 Å². The zero-order valence-electron chi connectivity index (χ0n) is 36.9. The second kappa shape index (κ2) is 19.7. The molecule has 10 atom stereocenters. The minimum Gasteiger partial charge on any atom is -0.457 e. The molecular formula is C48H55Cl2N7O8. The third-order valence-electron chi connectivity index (χ3n) is 13.8. The number of hydrogen-bond donors (Lipinski definition) is 3. The average molecular weight is 929 g/mol. The second-order valence-electron chi connectivity index (χ2n) is 18.5. The molecule has 8 rings (SSSR count). The molecule has 0 radical (unpaired) electrons. The van der Waals surface area contributed by atoms with Gasteiger partial charge >= 0.3 is 11.9 Å². The fourth-order valence-electron chi connectivity index (χ4n) is 11.0. The topological polar surface area (TPSA) is 189 Å². The first-order valence-electron chi connectivity index (χ1n) is 22.4. The molecule has 4 fully saturated rings. The fourth-order valence-corrected chi connectivity index (χ4v) is 11.5. The minimum atomic E-state index is -1.02. The summed E-state index contributed by atoms with van der Waals surface area (Å²) >= 11 is 13.0. The number of fused-ring (bicyclic) bond motifs is 6. The van der Waals surface area contributed by atoms with Crippen LogP contribution in [0.3, 0.4) is 0 Å². The number of hydrogen-bond acceptors (Lipinski definition) is 12. The first-order chi connectivity index (χ1) is 31.2. The predicted octanol–water partition coefficient (Wildman–Crippen LogP) is 5.16. The van der Waals surface area contributed by atoms with Crippen LogP contribution in [-0.2, 0) is 28.7 Å². The number of para-hydroxylation sites is 2. The lowest BCUT2D eigenvalue weighted by Gasteiger charge is -2.36. The first kappa shape index (κ1) is 46.3. The molecule has 17 heteroatoms. The van der Waals surface area contributed by atoms with Crippen LogP contribution in [0, 0.1) is 47.3 Å². The van der Waals surface area contributed by atoms with Crippen molar-refractivity contribution in [2.75, 3.05) is 54.4 Å². The summed E-state index contributed by atoms with van der Waals surface area (Å²) in [6.45, 7) is 2.28. The Morgan fingerprint density at radius 2 is 0.985 bits per heavy atom. The van der Waals surface area contributed by atoms with Crippen LogP contribution >= 0.6 is 23.2 Å². The molecule has 2 heterocycles. The van der Waals surface area contributed by atoms with E-state index in [2.05, 4.69) is 25.9 Å². The van der Waals surface area contributed by atoms with E-state index in [0.717, 1.165) is 13.1 Å². The third-order valence-corrected chi connectivity index (χ3v) is 14.4. The Kier molecular flexibility index (Phi) is 14.0. The van der Waals surface area contributed by atoms with Gasteiger partial charge < -0.3 is 29.9 Å². The molecular weight excluding hydrogens is 873 g/mol. The van der Waals surface area contributed by atoms with Gasteiger partial charge in [0.2, 0.25) is 23.6 Å². The van der Waals surface area contributed by atoms with E-state index in [9.17, 15) is 28.8 Å². The number of carbonyl (C=O) groups is 6. The largest absolute Gasteiger partial charge is 0.457 e. The van der Waals surface area contributed by atoms with Crippen molar-refractivity contribution in [3.8, 4) is 0 Å². The van der Waals surface area contributed by atoms with Crippen molar-refractivity contribution in [1.29, 1.82) is 0 Å². The van der Waals surface area contributed by atoms with Crippen molar-refractivity contribution < 1.29 is 38.2 Å². The molecule has 4 amide bonds. The number of rotatable bonds is 16. The zero-order chi connectivity index (χ0) is 46.1. The molecule has 4 bridgehead atoms. The van der Waals surface area contributed by atoms with Gasteiger partial charge in [-0.1, -0.05) is 59.6 Å². The van der Waals surface area contributed by atoms with Gasteiger partial charge in [0.15, 0.2) is 11.4 Å². The number of carbonyl (C=O) groups excluding carboxylic acids is 6. The van der Waals surface area contributed by atoms with Gasteiger partial charge in [-0.3, -0.25) is 24.5 Å². The molecule has 0 saturated heterocycles. The molecule has 2 aromatic heterocycles. The smallest absolute Gasteiger partial charge is 0.357 e. The number of imide groups is 1. The van der Waals surface area contributed by atoms with Crippen LogP contribution in [0.1, 0.15) is 59.5 Å². The highest BCUT2D eigenvalue weighted by Crippen LogP contribution is 2.56. The van der Waals surface area contributed by atoms with Gasteiger partial charge in [-0.15, -0.1) is 0 Å². The van der Waals surface area contributed by atoms with Crippen LogP contribution in [0.2, 0.25) is 10.0 Å². The van der Waals surface area contributed by atoms with Crippen molar-refractivity contribution in [1.82, 2.24) is 35.7 Å². The van der Waals surface area contributed by atoms with Crippen LogP contribution in [0.15, 0.2) is 60.7 Å². The van der Waals surface area contributed by atoms with Gasteiger partial charge in [-0.2, -0.15) is 0 Å². The normalized spacial score (nSPS) is 26.5. The fraction of sp³-hybridized carbons (Fsp3) is 0.500. The number of nitrogens with one attached hydrogen (secondary N) is 3. The van der Waals surface area contributed by atoms with E-state index in [0.29, 0.717) is 83.5 Å². The van der Waals surface area contributed by atoms with Crippen LogP contribution in [0.25, 0.3) is 21.8 Å². The maximum atomic E-state index is 14.7. The number of pyridine rings is 2. The molecule has 344 valence electrons. The number of halogens is 2. The zero-order valence-corrected chi connectivity index (χ0v) is 38.4. The summed E-state index contributed by atoms with van der Waals surface area (Å²) in [4.78, 5) is 97.6. The summed E-state index contributed by atoms with van der Waals surface area (Å²) in [5.41, 5.74) is 1.07. The lowest BCUT2D eigenvalue weighted by Crippen LogP contribution is -2.53. The highest BCUT2D eigenvalue weighted by atomic mass is 35.5. The van der Waals surface area contributed by atoms with Gasteiger partial charge in [0.05, 0.1) is 44.8 Å². The Balaban J connectivity index is 1.02. The maximum absolute atomic E-state index is 14.7. The van der Waals surface area contributed by atoms with Crippen molar-refractivity contribution in [3.63, 3.8) is 0 Å². The lowest BCUT2D eigenvalue weighted by molar-refractivity contribution is -0.147. The molecule has 10 unspecified atom stereocenters. The van der Waals surface area contributed by atoms with E-state index in [1.807, 2.05) is 50.1 Å². The summed E-state index contributed by atoms with van der Waals surface area (Å²) < 4.78 is 12.1. The standard InChI is InChI=1S/C48H55Cl2N7O8/c1-56(2)17-9-15-51-43(58)39-25-19-29(37(21-25)64-47(62)35-23-31(49)27-11-5-7-13-33(27)53-35)41(39)45(60)55-46(61)42-30-20-26(40(42)44(59)52-16-10-18-57(3)4)22-38(30)65-48(63)36-24-32(50)28-12-6-8-14-34(28)54-36/h5-8,11-14,23-26,29-30,37-42H,9-10,15-22H2,1-4H3,(H,51,58)(H,52,59)(H,55,60,61). The number of aromatic nitrogens is 2. The first-order valence-corrected chi connectivity index (χ1v) is 23.2. The number of ether oxygens (including phenoxy) is 2. The highest BCUT2D eigenvalue weighted by molar-refractivity contribution is 6.36. The number of esters is 2. The van der Waals surface area contributed by atoms with Gasteiger partial charge in [0.1, 0.15) is 12.2 Å². The summed E-state index contributed by atoms with van der Waals surface area (Å²) in [5, 5.41) is 10.7. The van der Waals surface area contributed by atoms with E-state index in [4.69, 9.17) is 32.7 Å². The van der Waals surface area contributed by atoms with E-state index in [-0.39, 0.29) is 35.0 Å². The van der Waals surface area contributed by atoms with Crippen LogP contribution in [-0.4, -0.2) is 122 Å². The van der Waals surface area contributed by atoms with E-state index in [1.165, 1.54) is 12.1 Å². The number of amides is 4.